The first-order chi connectivity index (χ1) is 10.1. The molecule has 1 unspecified atom stereocenters. The Morgan fingerprint density at radius 3 is 2.57 bits per heavy atom. The Balaban J connectivity index is 1.53. The number of halogens is 2. The highest BCUT2D eigenvalue weighted by Gasteiger charge is 2.50. The minimum atomic E-state index is -0.543. The lowest BCUT2D eigenvalue weighted by Gasteiger charge is -2.08. The van der Waals surface area contributed by atoms with Gasteiger partial charge in [0.25, 0.3) is 0 Å². The van der Waals surface area contributed by atoms with Gasteiger partial charge in [-0.25, -0.2) is 9.97 Å². The first-order valence-corrected chi connectivity index (χ1v) is 7.45. The summed E-state index contributed by atoms with van der Waals surface area (Å²) in [5.74, 6) is 1.70. The largest absolute Gasteiger partial charge is 0.493 e. The highest BCUT2D eigenvalue weighted by atomic mass is 35.5. The molecule has 110 valence electrons. The van der Waals surface area contributed by atoms with Gasteiger partial charge >= 0.3 is 6.01 Å². The van der Waals surface area contributed by atoms with Crippen molar-refractivity contribution in [3.8, 4) is 17.5 Å². The summed E-state index contributed by atoms with van der Waals surface area (Å²) in [5, 5.41) is 0. The third-order valence-electron chi connectivity index (χ3n) is 3.25. The summed E-state index contributed by atoms with van der Waals surface area (Å²) in [7, 11) is 0. The number of benzene rings is 1. The number of alkyl halides is 2. The molecule has 1 aliphatic rings. The number of aromatic nitrogens is 2. The van der Waals surface area contributed by atoms with E-state index in [1.54, 1.807) is 24.5 Å². The summed E-state index contributed by atoms with van der Waals surface area (Å²) in [4.78, 5) is 8.02. The topological polar surface area (TPSA) is 44.2 Å². The summed E-state index contributed by atoms with van der Waals surface area (Å²) < 4.78 is 10.7. The van der Waals surface area contributed by atoms with Crippen LogP contribution in [0.15, 0.2) is 42.7 Å². The molecule has 1 heterocycles. The van der Waals surface area contributed by atoms with Gasteiger partial charge in [0.15, 0.2) is 0 Å². The van der Waals surface area contributed by atoms with E-state index in [0.717, 1.165) is 18.6 Å². The number of rotatable bonds is 6. The van der Waals surface area contributed by atoms with Crippen molar-refractivity contribution in [2.45, 2.75) is 17.2 Å². The highest BCUT2D eigenvalue weighted by Crippen LogP contribution is 2.54. The average Bonchev–Trinajstić information content (AvgIpc) is 3.08. The van der Waals surface area contributed by atoms with Crippen molar-refractivity contribution >= 4 is 23.2 Å². The van der Waals surface area contributed by atoms with Gasteiger partial charge in [-0.05, 0) is 37.0 Å². The highest BCUT2D eigenvalue weighted by molar-refractivity contribution is 6.50. The Bertz CT molecular complexity index is 608. The van der Waals surface area contributed by atoms with E-state index in [2.05, 4.69) is 9.97 Å². The van der Waals surface area contributed by atoms with Gasteiger partial charge in [-0.1, -0.05) is 6.07 Å². The molecule has 1 saturated carbocycles. The fourth-order valence-corrected chi connectivity index (χ4v) is 2.56. The predicted octanol–water partition coefficient (Wildman–Crippen LogP) is 4.23. The smallest absolute Gasteiger partial charge is 0.321 e. The second kappa shape index (κ2) is 6.08. The van der Waals surface area contributed by atoms with E-state index < -0.39 is 4.33 Å². The van der Waals surface area contributed by atoms with Crippen LogP contribution in [0, 0.1) is 5.92 Å². The molecule has 1 fully saturated rings. The van der Waals surface area contributed by atoms with Crippen molar-refractivity contribution in [2.75, 3.05) is 6.61 Å². The molecule has 3 rings (SSSR count). The first-order valence-electron chi connectivity index (χ1n) is 6.69. The SMILES string of the molecule is ClC1(Cl)CC1CCOc1cccc(Oc2ncccn2)c1. The van der Waals surface area contributed by atoms with E-state index in [4.69, 9.17) is 32.7 Å². The van der Waals surface area contributed by atoms with E-state index in [1.807, 2.05) is 18.2 Å². The summed E-state index contributed by atoms with van der Waals surface area (Å²) >= 11 is 12.0. The molecule has 21 heavy (non-hydrogen) atoms. The van der Waals surface area contributed by atoms with Crippen LogP contribution in [0.2, 0.25) is 0 Å². The van der Waals surface area contributed by atoms with Gasteiger partial charge < -0.3 is 9.47 Å². The van der Waals surface area contributed by atoms with Crippen LogP contribution in [0.1, 0.15) is 12.8 Å². The molecule has 0 N–H and O–H groups in total. The van der Waals surface area contributed by atoms with Crippen molar-refractivity contribution in [1.29, 1.82) is 0 Å². The molecule has 1 aromatic heterocycles. The quantitative estimate of drug-likeness (QED) is 0.746. The summed E-state index contributed by atoms with van der Waals surface area (Å²) in [6.45, 7) is 0.581. The predicted molar refractivity (Wildman–Crippen MR) is 81.2 cm³/mol. The summed E-state index contributed by atoms with van der Waals surface area (Å²) in [6, 6.07) is 9.41. The maximum atomic E-state index is 5.98. The fourth-order valence-electron chi connectivity index (χ4n) is 1.97. The second-order valence-corrected chi connectivity index (χ2v) is 6.45. The molecule has 0 aliphatic heterocycles. The van der Waals surface area contributed by atoms with Crippen LogP contribution < -0.4 is 9.47 Å². The number of ether oxygens (including phenoxy) is 2. The molecule has 1 aromatic carbocycles. The van der Waals surface area contributed by atoms with Gasteiger partial charge in [0.05, 0.1) is 6.61 Å². The second-order valence-electron chi connectivity index (χ2n) is 4.91. The van der Waals surface area contributed by atoms with Crippen molar-refractivity contribution in [3.63, 3.8) is 0 Å². The standard InChI is InChI=1S/C15H14Cl2N2O2/c16-15(17)10-11(15)5-8-20-12-3-1-4-13(9-12)21-14-18-6-2-7-19-14/h1-4,6-7,9,11H,5,8,10H2. The monoisotopic (exact) mass is 324 g/mol. The number of hydrogen-bond acceptors (Lipinski definition) is 4. The van der Waals surface area contributed by atoms with Gasteiger partial charge in [0, 0.05) is 18.5 Å². The summed E-state index contributed by atoms with van der Waals surface area (Å²) in [5.41, 5.74) is 0. The van der Waals surface area contributed by atoms with Crippen LogP contribution in [-0.4, -0.2) is 20.9 Å². The molecule has 0 bridgehead atoms. The minimum absolute atomic E-state index is 0.307. The molecule has 6 heteroatoms. The van der Waals surface area contributed by atoms with Gasteiger partial charge in [-0.3, -0.25) is 0 Å². The van der Waals surface area contributed by atoms with Crippen molar-refractivity contribution in [3.05, 3.63) is 42.7 Å². The van der Waals surface area contributed by atoms with Crippen molar-refractivity contribution in [2.24, 2.45) is 5.92 Å². The zero-order valence-electron chi connectivity index (χ0n) is 11.2. The Morgan fingerprint density at radius 1 is 1.14 bits per heavy atom. The number of hydrogen-bond donors (Lipinski definition) is 0. The molecule has 0 radical (unpaired) electrons. The van der Waals surface area contributed by atoms with Crippen LogP contribution in [0.4, 0.5) is 0 Å². The van der Waals surface area contributed by atoms with Crippen LogP contribution in [-0.2, 0) is 0 Å². The van der Waals surface area contributed by atoms with Gasteiger partial charge in [0.2, 0.25) is 0 Å². The Kier molecular flexibility index (Phi) is 4.17. The third-order valence-corrected chi connectivity index (χ3v) is 4.17. The zero-order chi connectivity index (χ0) is 14.7. The number of nitrogens with zero attached hydrogens (tertiary/aromatic N) is 2. The van der Waals surface area contributed by atoms with Crippen LogP contribution in [0.5, 0.6) is 17.5 Å². The third kappa shape index (κ3) is 3.99. The van der Waals surface area contributed by atoms with Gasteiger partial charge in [0.1, 0.15) is 15.8 Å². The molecule has 2 aromatic rings. The zero-order valence-corrected chi connectivity index (χ0v) is 12.7. The molecule has 0 saturated heterocycles. The lowest BCUT2D eigenvalue weighted by molar-refractivity contribution is 0.300. The van der Waals surface area contributed by atoms with Gasteiger partial charge in [-0.15, -0.1) is 23.2 Å². The molecule has 0 amide bonds. The Labute approximate surface area is 133 Å². The maximum absolute atomic E-state index is 5.98. The van der Waals surface area contributed by atoms with E-state index >= 15 is 0 Å². The van der Waals surface area contributed by atoms with Crippen LogP contribution in [0.3, 0.4) is 0 Å². The summed E-state index contributed by atoms with van der Waals surface area (Å²) in [6.07, 6.45) is 4.94. The molecular weight excluding hydrogens is 311 g/mol. The molecule has 4 nitrogen and oxygen atoms in total. The lowest BCUT2D eigenvalue weighted by atomic mass is 10.3. The van der Waals surface area contributed by atoms with Crippen LogP contribution >= 0.6 is 23.2 Å². The van der Waals surface area contributed by atoms with E-state index in [0.29, 0.717) is 24.3 Å². The van der Waals surface area contributed by atoms with Crippen molar-refractivity contribution in [1.82, 2.24) is 9.97 Å². The minimum Gasteiger partial charge on any atom is -0.493 e. The molecule has 1 aliphatic carbocycles. The molecule has 0 spiro atoms. The normalized spacial score (nSPS) is 19.0. The van der Waals surface area contributed by atoms with Crippen LogP contribution in [0.25, 0.3) is 0 Å². The van der Waals surface area contributed by atoms with E-state index in [1.165, 1.54) is 0 Å². The maximum Gasteiger partial charge on any atom is 0.321 e. The average molecular weight is 325 g/mol. The lowest BCUT2D eigenvalue weighted by Crippen LogP contribution is -2.01. The van der Waals surface area contributed by atoms with Crippen molar-refractivity contribution < 1.29 is 9.47 Å². The Hall–Kier alpha value is -1.52. The van der Waals surface area contributed by atoms with E-state index in [9.17, 15) is 0 Å². The Morgan fingerprint density at radius 2 is 1.86 bits per heavy atom. The van der Waals surface area contributed by atoms with Gasteiger partial charge in [-0.2, -0.15) is 0 Å². The first kappa shape index (κ1) is 14.4. The van der Waals surface area contributed by atoms with E-state index in [-0.39, 0.29) is 0 Å². The fraction of sp³-hybridized carbons (Fsp3) is 0.333. The molecular formula is C15H14Cl2N2O2. The molecule has 1 atom stereocenters.